The zero-order valence-electron chi connectivity index (χ0n) is 19.2. The highest BCUT2D eigenvalue weighted by Gasteiger charge is 2.44. The van der Waals surface area contributed by atoms with Gasteiger partial charge < -0.3 is 23.7 Å². The zero-order chi connectivity index (χ0) is 22.9. The van der Waals surface area contributed by atoms with Crippen LogP contribution >= 0.6 is 0 Å². The number of methoxy groups -OCH3 is 1. The Kier molecular flexibility index (Phi) is 9.75. The number of ether oxygens (including phenoxy) is 5. The van der Waals surface area contributed by atoms with E-state index in [1.54, 1.807) is 19.3 Å². The van der Waals surface area contributed by atoms with E-state index in [9.17, 15) is 4.79 Å². The molecular formula is C25H36O6. The normalized spacial score (nSPS) is 21.8. The molecule has 1 aromatic carbocycles. The molecule has 1 saturated heterocycles. The van der Waals surface area contributed by atoms with Crippen molar-refractivity contribution >= 4 is 5.97 Å². The summed E-state index contributed by atoms with van der Waals surface area (Å²) in [6.07, 6.45) is 4.40. The number of esters is 1. The van der Waals surface area contributed by atoms with Crippen LogP contribution < -0.4 is 4.74 Å². The molecule has 4 atom stereocenters. The van der Waals surface area contributed by atoms with Crippen molar-refractivity contribution < 1.29 is 28.5 Å². The number of hydrogen-bond donors (Lipinski definition) is 0. The lowest BCUT2D eigenvalue weighted by Gasteiger charge is -2.26. The quantitative estimate of drug-likeness (QED) is 0.324. The van der Waals surface area contributed by atoms with Crippen molar-refractivity contribution in [3.8, 4) is 5.75 Å². The van der Waals surface area contributed by atoms with E-state index in [2.05, 4.69) is 13.2 Å². The molecule has 0 bridgehead atoms. The summed E-state index contributed by atoms with van der Waals surface area (Å²) in [6.45, 7) is 13.8. The Morgan fingerprint density at radius 2 is 1.90 bits per heavy atom. The van der Waals surface area contributed by atoms with Crippen LogP contribution in [0.5, 0.6) is 5.75 Å². The number of carbonyl (C=O) groups excluding carboxylic acids is 1. The fourth-order valence-corrected chi connectivity index (χ4v) is 3.54. The molecule has 1 fully saturated rings. The fraction of sp³-hybridized carbons (Fsp3) is 0.560. The summed E-state index contributed by atoms with van der Waals surface area (Å²) >= 11 is 0. The van der Waals surface area contributed by atoms with Crippen molar-refractivity contribution in [1.82, 2.24) is 0 Å². The first-order valence-electron chi connectivity index (χ1n) is 10.9. The van der Waals surface area contributed by atoms with Gasteiger partial charge in [0.2, 0.25) is 0 Å². The van der Waals surface area contributed by atoms with Crippen LogP contribution in [0.2, 0.25) is 0 Å². The van der Waals surface area contributed by atoms with Crippen LogP contribution in [0.4, 0.5) is 0 Å². The van der Waals surface area contributed by atoms with E-state index in [-0.39, 0.29) is 36.8 Å². The van der Waals surface area contributed by atoms with Crippen LogP contribution in [0, 0.1) is 0 Å². The van der Waals surface area contributed by atoms with Gasteiger partial charge in [0.1, 0.15) is 24.1 Å². The third-order valence-corrected chi connectivity index (χ3v) is 5.14. The summed E-state index contributed by atoms with van der Waals surface area (Å²) in [7, 11) is 1.63. The summed E-state index contributed by atoms with van der Waals surface area (Å²) in [6, 6.07) is 7.67. The summed E-state index contributed by atoms with van der Waals surface area (Å²) < 4.78 is 28.7. The molecule has 172 valence electrons. The first kappa shape index (κ1) is 25.1. The molecule has 0 saturated carbocycles. The molecule has 0 spiro atoms. The largest absolute Gasteiger partial charge is 0.497 e. The van der Waals surface area contributed by atoms with Crippen molar-refractivity contribution in [1.29, 1.82) is 0 Å². The monoisotopic (exact) mass is 432 g/mol. The minimum atomic E-state index is -0.731. The molecule has 0 aromatic heterocycles. The molecule has 0 amide bonds. The Labute approximate surface area is 186 Å². The fourth-order valence-electron chi connectivity index (χ4n) is 3.54. The average molecular weight is 433 g/mol. The van der Waals surface area contributed by atoms with Gasteiger partial charge in [-0.3, -0.25) is 4.79 Å². The maximum absolute atomic E-state index is 12.6. The van der Waals surface area contributed by atoms with E-state index in [0.29, 0.717) is 19.4 Å². The van der Waals surface area contributed by atoms with E-state index in [4.69, 9.17) is 23.7 Å². The van der Waals surface area contributed by atoms with Crippen LogP contribution in [-0.2, 0) is 30.3 Å². The Bertz CT molecular complexity index is 711. The average Bonchev–Trinajstić information content (AvgIpc) is 3.08. The highest BCUT2D eigenvalue weighted by atomic mass is 16.8. The van der Waals surface area contributed by atoms with Gasteiger partial charge in [-0.25, -0.2) is 0 Å². The van der Waals surface area contributed by atoms with Gasteiger partial charge in [0, 0.05) is 6.42 Å². The molecular weight excluding hydrogens is 396 g/mol. The zero-order valence-corrected chi connectivity index (χ0v) is 19.2. The van der Waals surface area contributed by atoms with Gasteiger partial charge in [-0.1, -0.05) is 37.6 Å². The van der Waals surface area contributed by atoms with Crippen molar-refractivity contribution in [3.63, 3.8) is 0 Å². The summed E-state index contributed by atoms with van der Waals surface area (Å²) in [5, 5.41) is 0. The van der Waals surface area contributed by atoms with Gasteiger partial charge in [0.25, 0.3) is 0 Å². The van der Waals surface area contributed by atoms with Gasteiger partial charge in [-0.2, -0.15) is 0 Å². The summed E-state index contributed by atoms with van der Waals surface area (Å²) in [4.78, 5) is 12.6. The van der Waals surface area contributed by atoms with Gasteiger partial charge in [-0.05, 0) is 44.4 Å². The molecule has 31 heavy (non-hydrogen) atoms. The van der Waals surface area contributed by atoms with Crippen molar-refractivity contribution in [2.45, 2.75) is 83.3 Å². The van der Waals surface area contributed by atoms with Crippen molar-refractivity contribution in [2.75, 3.05) is 7.11 Å². The Balaban J connectivity index is 1.85. The second-order valence-electron chi connectivity index (χ2n) is 8.09. The molecule has 0 unspecified atom stereocenters. The van der Waals surface area contributed by atoms with Crippen molar-refractivity contribution in [3.05, 3.63) is 55.1 Å². The van der Waals surface area contributed by atoms with Crippen molar-refractivity contribution in [2.24, 2.45) is 0 Å². The van der Waals surface area contributed by atoms with E-state index in [1.807, 2.05) is 45.0 Å². The molecule has 6 heteroatoms. The molecule has 1 aromatic rings. The SMILES string of the molecule is C=C[C@@H]1OC(C)(C)O[C@@H]1[C@@H](CCC)OC(=O)CC[C@H](C=C)OCc1ccc(OC)cc1. The van der Waals surface area contributed by atoms with Gasteiger partial charge in [0.15, 0.2) is 5.79 Å². The minimum absolute atomic E-state index is 0.231. The van der Waals surface area contributed by atoms with Gasteiger partial charge in [-0.15, -0.1) is 13.2 Å². The highest BCUT2D eigenvalue weighted by Crippen LogP contribution is 2.33. The molecule has 1 heterocycles. The summed E-state index contributed by atoms with van der Waals surface area (Å²) in [5.41, 5.74) is 1.02. The second-order valence-corrected chi connectivity index (χ2v) is 8.09. The molecule has 1 aliphatic rings. The van der Waals surface area contributed by atoms with E-state index < -0.39 is 5.79 Å². The predicted octanol–water partition coefficient (Wildman–Crippen LogP) is 4.96. The molecule has 0 radical (unpaired) electrons. The molecule has 6 nitrogen and oxygen atoms in total. The first-order valence-corrected chi connectivity index (χ1v) is 10.9. The first-order chi connectivity index (χ1) is 14.8. The minimum Gasteiger partial charge on any atom is -0.497 e. The van der Waals surface area contributed by atoms with Crippen LogP contribution in [0.1, 0.15) is 52.0 Å². The predicted molar refractivity (Wildman–Crippen MR) is 120 cm³/mol. The summed E-state index contributed by atoms with van der Waals surface area (Å²) in [5.74, 6) is -0.216. The standard InChI is InChI=1S/C25H36O6/c1-7-10-22(24-21(9-3)30-25(4,5)31-24)29-23(26)16-15-19(8-2)28-17-18-11-13-20(27-6)14-12-18/h8-9,11-14,19,21-22,24H,2-3,7,10,15-17H2,1,4-6H3/t19-,21-,22+,24-/m0/s1. The molecule has 0 aliphatic carbocycles. The van der Waals surface area contributed by atoms with Crippen LogP contribution in [0.15, 0.2) is 49.6 Å². The lowest BCUT2D eigenvalue weighted by Crippen LogP contribution is -2.38. The third kappa shape index (κ3) is 7.80. The maximum atomic E-state index is 12.6. The maximum Gasteiger partial charge on any atom is 0.306 e. The topological polar surface area (TPSA) is 63.2 Å². The Morgan fingerprint density at radius 3 is 2.48 bits per heavy atom. The van der Waals surface area contributed by atoms with Crippen LogP contribution in [0.3, 0.4) is 0 Å². The Hall–Kier alpha value is -2.15. The van der Waals surface area contributed by atoms with Crippen LogP contribution in [0.25, 0.3) is 0 Å². The number of rotatable bonds is 13. The molecule has 1 aliphatic heterocycles. The smallest absolute Gasteiger partial charge is 0.306 e. The number of hydrogen-bond acceptors (Lipinski definition) is 6. The lowest BCUT2D eigenvalue weighted by atomic mass is 10.0. The Morgan fingerprint density at radius 1 is 1.19 bits per heavy atom. The highest BCUT2D eigenvalue weighted by molar-refractivity contribution is 5.69. The molecule has 0 N–H and O–H groups in total. The van der Waals surface area contributed by atoms with E-state index in [0.717, 1.165) is 17.7 Å². The lowest BCUT2D eigenvalue weighted by molar-refractivity contribution is -0.172. The third-order valence-electron chi connectivity index (χ3n) is 5.14. The van der Waals surface area contributed by atoms with Gasteiger partial charge >= 0.3 is 5.97 Å². The number of carbonyl (C=O) groups is 1. The molecule has 2 rings (SSSR count). The van der Waals surface area contributed by atoms with E-state index in [1.165, 1.54) is 0 Å². The number of benzene rings is 1. The van der Waals surface area contributed by atoms with Gasteiger partial charge in [0.05, 0.1) is 19.8 Å². The van der Waals surface area contributed by atoms with Crippen LogP contribution in [-0.4, -0.2) is 43.3 Å². The second kappa shape index (κ2) is 12.0. The van der Waals surface area contributed by atoms with E-state index >= 15 is 0 Å².